The van der Waals surface area contributed by atoms with Crippen molar-refractivity contribution in [3.05, 3.63) is 71.4 Å². The Balaban J connectivity index is 2.17. The van der Waals surface area contributed by atoms with Crippen LogP contribution in [-0.4, -0.2) is 22.2 Å². The number of rotatable bonds is 4. The first-order chi connectivity index (χ1) is 11.2. The average Bonchev–Trinajstić information content (AvgIpc) is 3.01. The van der Waals surface area contributed by atoms with E-state index in [2.05, 4.69) is 10.4 Å². The molecule has 0 atom stereocenters. The lowest BCUT2D eigenvalue weighted by Gasteiger charge is -2.10. The molecule has 23 heavy (non-hydrogen) atoms. The molecule has 0 saturated heterocycles. The fraction of sp³-hybridized carbons (Fsp3) is 0.111. The summed E-state index contributed by atoms with van der Waals surface area (Å²) in [5, 5.41) is 7.90. The number of carbonyl (C=O) groups is 1. The standard InChI is InChI=1S/C18H16ClN3O/c1-2-20-18(23)16-12-21-22(15-10-8-14(19)9-11-15)17(16)13-6-4-3-5-7-13/h3-12H,2H2,1H3,(H,20,23). The lowest BCUT2D eigenvalue weighted by Crippen LogP contribution is -2.23. The van der Waals surface area contributed by atoms with Gasteiger partial charge in [0.2, 0.25) is 0 Å². The molecular formula is C18H16ClN3O. The summed E-state index contributed by atoms with van der Waals surface area (Å²) >= 11 is 5.96. The van der Waals surface area contributed by atoms with E-state index in [1.165, 1.54) is 0 Å². The highest BCUT2D eigenvalue weighted by Crippen LogP contribution is 2.27. The maximum Gasteiger partial charge on any atom is 0.255 e. The van der Waals surface area contributed by atoms with Crippen LogP contribution in [0, 0.1) is 0 Å². The molecule has 0 spiro atoms. The van der Waals surface area contributed by atoms with Gasteiger partial charge in [-0.05, 0) is 31.2 Å². The molecule has 0 radical (unpaired) electrons. The van der Waals surface area contributed by atoms with Crippen molar-refractivity contribution in [1.82, 2.24) is 15.1 Å². The van der Waals surface area contributed by atoms with E-state index in [0.717, 1.165) is 16.9 Å². The van der Waals surface area contributed by atoms with E-state index in [0.29, 0.717) is 17.1 Å². The fourth-order valence-corrected chi connectivity index (χ4v) is 2.55. The Morgan fingerprint density at radius 3 is 2.48 bits per heavy atom. The zero-order valence-electron chi connectivity index (χ0n) is 12.7. The van der Waals surface area contributed by atoms with Crippen molar-refractivity contribution < 1.29 is 4.79 Å². The first kappa shape index (κ1) is 15.3. The quantitative estimate of drug-likeness (QED) is 0.789. The molecular weight excluding hydrogens is 310 g/mol. The minimum absolute atomic E-state index is 0.133. The zero-order chi connectivity index (χ0) is 16.2. The van der Waals surface area contributed by atoms with Gasteiger partial charge in [-0.1, -0.05) is 41.9 Å². The summed E-state index contributed by atoms with van der Waals surface area (Å²) in [6.07, 6.45) is 1.60. The van der Waals surface area contributed by atoms with Crippen LogP contribution in [-0.2, 0) is 0 Å². The summed E-state index contributed by atoms with van der Waals surface area (Å²) in [6, 6.07) is 17.1. The second kappa shape index (κ2) is 6.67. The van der Waals surface area contributed by atoms with Crippen LogP contribution in [0.4, 0.5) is 0 Å². The molecule has 1 amide bonds. The molecule has 116 valence electrons. The molecule has 3 aromatic rings. The van der Waals surface area contributed by atoms with E-state index in [1.807, 2.05) is 49.4 Å². The number of halogens is 1. The Bertz CT molecular complexity index is 810. The summed E-state index contributed by atoms with van der Waals surface area (Å²) in [4.78, 5) is 12.4. The third kappa shape index (κ3) is 3.12. The Kier molecular flexibility index (Phi) is 4.44. The molecule has 1 N–H and O–H groups in total. The maximum atomic E-state index is 12.4. The highest BCUT2D eigenvalue weighted by Gasteiger charge is 2.19. The number of hydrogen-bond acceptors (Lipinski definition) is 2. The molecule has 2 aromatic carbocycles. The molecule has 0 fully saturated rings. The van der Waals surface area contributed by atoms with Crippen LogP contribution < -0.4 is 5.32 Å². The number of aromatic nitrogens is 2. The van der Waals surface area contributed by atoms with Gasteiger partial charge in [-0.15, -0.1) is 0 Å². The van der Waals surface area contributed by atoms with E-state index < -0.39 is 0 Å². The molecule has 0 aliphatic carbocycles. The Morgan fingerprint density at radius 1 is 1.13 bits per heavy atom. The number of nitrogens with zero attached hydrogens (tertiary/aromatic N) is 2. The molecule has 0 bridgehead atoms. The van der Waals surface area contributed by atoms with Crippen molar-refractivity contribution in [1.29, 1.82) is 0 Å². The zero-order valence-corrected chi connectivity index (χ0v) is 13.4. The summed E-state index contributed by atoms with van der Waals surface area (Å²) in [6.45, 7) is 2.46. The highest BCUT2D eigenvalue weighted by molar-refractivity contribution is 6.30. The van der Waals surface area contributed by atoms with Crippen LogP contribution in [0.3, 0.4) is 0 Å². The van der Waals surface area contributed by atoms with Gasteiger partial charge in [-0.25, -0.2) is 4.68 Å². The lowest BCUT2D eigenvalue weighted by atomic mass is 10.1. The van der Waals surface area contributed by atoms with Gasteiger partial charge >= 0.3 is 0 Å². The Morgan fingerprint density at radius 2 is 1.83 bits per heavy atom. The molecule has 0 saturated carbocycles. The van der Waals surface area contributed by atoms with Gasteiger partial charge in [-0.3, -0.25) is 4.79 Å². The summed E-state index contributed by atoms with van der Waals surface area (Å²) in [5.74, 6) is -0.133. The highest BCUT2D eigenvalue weighted by atomic mass is 35.5. The first-order valence-electron chi connectivity index (χ1n) is 7.38. The third-order valence-corrected chi connectivity index (χ3v) is 3.72. The topological polar surface area (TPSA) is 46.9 Å². The minimum atomic E-state index is -0.133. The molecule has 0 aliphatic heterocycles. The van der Waals surface area contributed by atoms with Gasteiger partial charge in [0.25, 0.3) is 5.91 Å². The predicted octanol–water partition coefficient (Wildman–Crippen LogP) is 3.94. The van der Waals surface area contributed by atoms with Gasteiger partial charge in [-0.2, -0.15) is 5.10 Å². The molecule has 1 aromatic heterocycles. The second-order valence-electron chi connectivity index (χ2n) is 5.02. The van der Waals surface area contributed by atoms with Crippen molar-refractivity contribution in [3.63, 3.8) is 0 Å². The van der Waals surface area contributed by atoms with Crippen molar-refractivity contribution >= 4 is 17.5 Å². The summed E-state index contributed by atoms with van der Waals surface area (Å²) in [5.41, 5.74) is 3.09. The number of nitrogens with one attached hydrogen (secondary N) is 1. The third-order valence-electron chi connectivity index (χ3n) is 3.47. The first-order valence-corrected chi connectivity index (χ1v) is 7.76. The van der Waals surface area contributed by atoms with E-state index in [1.54, 1.807) is 23.0 Å². The van der Waals surface area contributed by atoms with Crippen molar-refractivity contribution in [2.24, 2.45) is 0 Å². The molecule has 1 heterocycles. The normalized spacial score (nSPS) is 10.5. The molecule has 0 aliphatic rings. The van der Waals surface area contributed by atoms with Gasteiger partial charge in [0.15, 0.2) is 0 Å². The van der Waals surface area contributed by atoms with Crippen molar-refractivity contribution in [3.8, 4) is 16.9 Å². The van der Waals surface area contributed by atoms with Crippen LogP contribution in [0.5, 0.6) is 0 Å². The van der Waals surface area contributed by atoms with Crippen LogP contribution in [0.2, 0.25) is 5.02 Å². The number of amides is 1. The maximum absolute atomic E-state index is 12.4. The number of hydrogen-bond donors (Lipinski definition) is 1. The second-order valence-corrected chi connectivity index (χ2v) is 5.46. The van der Waals surface area contributed by atoms with Crippen LogP contribution in [0.15, 0.2) is 60.8 Å². The SMILES string of the molecule is CCNC(=O)c1cnn(-c2ccc(Cl)cc2)c1-c1ccccc1. The minimum Gasteiger partial charge on any atom is -0.352 e. The van der Waals surface area contributed by atoms with E-state index in [9.17, 15) is 4.79 Å². The van der Waals surface area contributed by atoms with Gasteiger partial charge < -0.3 is 5.32 Å². The van der Waals surface area contributed by atoms with Gasteiger partial charge in [0, 0.05) is 17.1 Å². The van der Waals surface area contributed by atoms with E-state index in [4.69, 9.17) is 11.6 Å². The van der Waals surface area contributed by atoms with Crippen LogP contribution in [0.25, 0.3) is 16.9 Å². The fourth-order valence-electron chi connectivity index (χ4n) is 2.42. The van der Waals surface area contributed by atoms with E-state index in [-0.39, 0.29) is 5.91 Å². The Hall–Kier alpha value is -2.59. The lowest BCUT2D eigenvalue weighted by molar-refractivity contribution is 0.0956. The summed E-state index contributed by atoms with van der Waals surface area (Å²) in [7, 11) is 0. The smallest absolute Gasteiger partial charge is 0.255 e. The molecule has 0 unspecified atom stereocenters. The van der Waals surface area contributed by atoms with Crippen molar-refractivity contribution in [2.45, 2.75) is 6.92 Å². The number of benzene rings is 2. The Labute approximate surface area is 139 Å². The average molecular weight is 326 g/mol. The number of carbonyl (C=O) groups excluding carboxylic acids is 1. The monoisotopic (exact) mass is 325 g/mol. The molecule has 5 heteroatoms. The van der Waals surface area contributed by atoms with Gasteiger partial charge in [0.05, 0.1) is 23.1 Å². The van der Waals surface area contributed by atoms with Crippen molar-refractivity contribution in [2.75, 3.05) is 6.54 Å². The predicted molar refractivity (Wildman–Crippen MR) is 92.0 cm³/mol. The largest absolute Gasteiger partial charge is 0.352 e. The van der Waals surface area contributed by atoms with Crippen LogP contribution in [0.1, 0.15) is 17.3 Å². The molecule has 3 rings (SSSR count). The van der Waals surface area contributed by atoms with Gasteiger partial charge in [0.1, 0.15) is 0 Å². The summed E-state index contributed by atoms with van der Waals surface area (Å²) < 4.78 is 1.76. The molecule has 4 nitrogen and oxygen atoms in total. The van der Waals surface area contributed by atoms with E-state index >= 15 is 0 Å². The van der Waals surface area contributed by atoms with Crippen LogP contribution >= 0.6 is 11.6 Å².